The molecule has 1 aromatic heterocycles. The standard InChI is InChI=1S/C24H30N6O7/c1-24(2,3)37-23(36)25-18(15-32)20(33)28-10-12-29(13-11-28)21(34)26-19-8-9-30(22(35)27-19)17-6-4-16(14-31)5-7-17/h4-9,14,18,32H,10-13,15H2,1-3H3,(H,25,36)(H,26,27,34,35). The summed E-state index contributed by atoms with van der Waals surface area (Å²) >= 11 is 0. The van der Waals surface area contributed by atoms with Gasteiger partial charge in [-0.2, -0.15) is 4.98 Å². The Balaban J connectivity index is 1.54. The highest BCUT2D eigenvalue weighted by Gasteiger charge is 2.31. The largest absolute Gasteiger partial charge is 0.444 e. The van der Waals surface area contributed by atoms with Crippen LogP contribution in [0.5, 0.6) is 0 Å². The number of alkyl carbamates (subject to hydrolysis) is 1. The monoisotopic (exact) mass is 514 g/mol. The number of urea groups is 1. The Morgan fingerprint density at radius 3 is 2.24 bits per heavy atom. The molecule has 0 radical (unpaired) electrons. The topological polar surface area (TPSA) is 163 Å². The van der Waals surface area contributed by atoms with Gasteiger partial charge in [0.15, 0.2) is 0 Å². The number of anilines is 1. The first kappa shape index (κ1) is 27.3. The van der Waals surface area contributed by atoms with Crippen molar-refractivity contribution in [1.82, 2.24) is 24.7 Å². The van der Waals surface area contributed by atoms with E-state index in [1.165, 1.54) is 26.6 Å². The maximum atomic E-state index is 12.7. The lowest BCUT2D eigenvalue weighted by molar-refractivity contribution is -0.135. The molecule has 3 rings (SSSR count). The van der Waals surface area contributed by atoms with Gasteiger partial charge in [0.2, 0.25) is 5.91 Å². The zero-order chi connectivity index (χ0) is 27.2. The quantitative estimate of drug-likeness (QED) is 0.472. The molecule has 1 aliphatic rings. The molecule has 1 fully saturated rings. The molecule has 1 saturated heterocycles. The average Bonchev–Trinajstić information content (AvgIpc) is 2.86. The molecule has 13 heteroatoms. The number of hydrogen-bond donors (Lipinski definition) is 3. The highest BCUT2D eigenvalue weighted by Crippen LogP contribution is 2.11. The first-order chi connectivity index (χ1) is 17.5. The molecular formula is C24H30N6O7. The predicted octanol–water partition coefficient (Wildman–Crippen LogP) is 0.607. The minimum atomic E-state index is -1.17. The Labute approximate surface area is 213 Å². The number of nitrogens with zero attached hydrogens (tertiary/aromatic N) is 4. The third-order valence-corrected chi connectivity index (χ3v) is 5.40. The van der Waals surface area contributed by atoms with Crippen molar-refractivity contribution in [2.45, 2.75) is 32.4 Å². The Hall–Kier alpha value is -4.26. The molecule has 1 aliphatic heterocycles. The van der Waals surface area contributed by atoms with Crippen molar-refractivity contribution >= 4 is 30.1 Å². The third kappa shape index (κ3) is 7.36. The van der Waals surface area contributed by atoms with E-state index in [0.717, 1.165) is 0 Å². The van der Waals surface area contributed by atoms with E-state index in [4.69, 9.17) is 4.74 Å². The second kappa shape index (κ2) is 11.6. The number of aldehydes is 1. The SMILES string of the molecule is CC(C)(C)OC(=O)NC(CO)C(=O)N1CCN(C(=O)Nc2ccn(-c3ccc(C=O)cc3)c(=O)n2)CC1. The third-order valence-electron chi connectivity index (χ3n) is 5.40. The summed E-state index contributed by atoms with van der Waals surface area (Å²) in [5, 5.41) is 14.5. The fraction of sp³-hybridized carbons (Fsp3) is 0.417. The number of nitrogens with one attached hydrogen (secondary N) is 2. The minimum absolute atomic E-state index is 0.0659. The summed E-state index contributed by atoms with van der Waals surface area (Å²) in [5.74, 6) is -0.420. The van der Waals surface area contributed by atoms with Gasteiger partial charge in [-0.05, 0) is 51.1 Å². The van der Waals surface area contributed by atoms with Crippen LogP contribution in [0.15, 0.2) is 41.3 Å². The smallest absolute Gasteiger partial charge is 0.408 e. The van der Waals surface area contributed by atoms with E-state index < -0.39 is 42.0 Å². The van der Waals surface area contributed by atoms with Crippen LogP contribution in [0.2, 0.25) is 0 Å². The number of hydrogen-bond acceptors (Lipinski definition) is 8. The van der Waals surface area contributed by atoms with Gasteiger partial charge in [-0.15, -0.1) is 0 Å². The molecule has 1 atom stereocenters. The molecule has 0 bridgehead atoms. The molecular weight excluding hydrogens is 484 g/mol. The number of piperazine rings is 1. The van der Waals surface area contributed by atoms with Crippen LogP contribution in [-0.4, -0.2) is 93.2 Å². The maximum absolute atomic E-state index is 12.7. The molecule has 1 unspecified atom stereocenters. The van der Waals surface area contributed by atoms with Crippen LogP contribution in [0, 0.1) is 0 Å². The second-order valence-corrected chi connectivity index (χ2v) is 9.30. The maximum Gasteiger partial charge on any atom is 0.408 e. The van der Waals surface area contributed by atoms with E-state index >= 15 is 0 Å². The van der Waals surface area contributed by atoms with Gasteiger partial charge >= 0.3 is 17.8 Å². The molecule has 13 nitrogen and oxygen atoms in total. The summed E-state index contributed by atoms with van der Waals surface area (Å²) in [6.07, 6.45) is 1.35. The van der Waals surface area contributed by atoms with Gasteiger partial charge < -0.3 is 25.0 Å². The van der Waals surface area contributed by atoms with E-state index in [9.17, 15) is 29.1 Å². The Bertz CT molecular complexity index is 1200. The van der Waals surface area contributed by atoms with E-state index in [1.54, 1.807) is 45.0 Å². The first-order valence-electron chi connectivity index (χ1n) is 11.6. The number of aromatic nitrogens is 2. The molecule has 3 N–H and O–H groups in total. The highest BCUT2D eigenvalue weighted by molar-refractivity contribution is 5.89. The van der Waals surface area contributed by atoms with Gasteiger partial charge in [0.1, 0.15) is 23.7 Å². The van der Waals surface area contributed by atoms with Crippen LogP contribution in [0.3, 0.4) is 0 Å². The van der Waals surface area contributed by atoms with Gasteiger partial charge in [0.05, 0.1) is 12.3 Å². The van der Waals surface area contributed by atoms with Gasteiger partial charge in [-0.3, -0.25) is 19.5 Å². The van der Waals surface area contributed by atoms with Gasteiger partial charge in [-0.1, -0.05) is 0 Å². The molecule has 0 spiro atoms. The van der Waals surface area contributed by atoms with Crippen molar-refractivity contribution in [2.24, 2.45) is 0 Å². The predicted molar refractivity (Wildman–Crippen MR) is 133 cm³/mol. The van der Waals surface area contributed by atoms with Gasteiger partial charge in [0, 0.05) is 37.9 Å². The molecule has 4 amide bonds. The zero-order valence-corrected chi connectivity index (χ0v) is 20.8. The summed E-state index contributed by atoms with van der Waals surface area (Å²) in [7, 11) is 0. The van der Waals surface area contributed by atoms with Crippen LogP contribution < -0.4 is 16.3 Å². The zero-order valence-electron chi connectivity index (χ0n) is 20.8. The van der Waals surface area contributed by atoms with Crippen molar-refractivity contribution in [1.29, 1.82) is 0 Å². The van der Waals surface area contributed by atoms with E-state index in [0.29, 0.717) is 17.5 Å². The van der Waals surface area contributed by atoms with Crippen LogP contribution >= 0.6 is 0 Å². The Kier molecular flexibility index (Phi) is 8.60. The lowest BCUT2D eigenvalue weighted by Crippen LogP contribution is -2.57. The van der Waals surface area contributed by atoms with E-state index in [1.807, 2.05) is 0 Å². The number of amides is 4. The van der Waals surface area contributed by atoms with E-state index in [2.05, 4.69) is 15.6 Å². The number of aliphatic hydroxyl groups excluding tert-OH is 1. The van der Waals surface area contributed by atoms with Crippen molar-refractivity contribution in [3.63, 3.8) is 0 Å². The van der Waals surface area contributed by atoms with Gasteiger partial charge in [0.25, 0.3) is 0 Å². The van der Waals surface area contributed by atoms with Crippen molar-refractivity contribution in [3.8, 4) is 5.69 Å². The van der Waals surface area contributed by atoms with Gasteiger partial charge in [-0.25, -0.2) is 14.4 Å². The summed E-state index contributed by atoms with van der Waals surface area (Å²) < 4.78 is 6.40. The number of carbonyl (C=O) groups excluding carboxylic acids is 4. The van der Waals surface area contributed by atoms with Crippen molar-refractivity contribution in [2.75, 3.05) is 38.1 Å². The number of carbonyl (C=O) groups is 4. The molecule has 0 aliphatic carbocycles. The highest BCUT2D eigenvalue weighted by atomic mass is 16.6. The molecule has 198 valence electrons. The molecule has 37 heavy (non-hydrogen) atoms. The summed E-state index contributed by atoms with van der Waals surface area (Å²) in [4.78, 5) is 67.4. The molecule has 2 aromatic rings. The second-order valence-electron chi connectivity index (χ2n) is 9.30. The van der Waals surface area contributed by atoms with Crippen LogP contribution in [0.1, 0.15) is 31.1 Å². The lowest BCUT2D eigenvalue weighted by Gasteiger charge is -2.36. The Morgan fingerprint density at radius 1 is 1.08 bits per heavy atom. The number of benzene rings is 1. The molecule has 2 heterocycles. The normalized spacial score (nSPS) is 14.5. The van der Waals surface area contributed by atoms with Crippen LogP contribution in [0.4, 0.5) is 15.4 Å². The number of ether oxygens (including phenoxy) is 1. The summed E-state index contributed by atoms with van der Waals surface area (Å²) in [6, 6.07) is 6.18. The molecule has 1 aromatic carbocycles. The van der Waals surface area contributed by atoms with Crippen LogP contribution in [-0.2, 0) is 9.53 Å². The number of aliphatic hydroxyl groups is 1. The van der Waals surface area contributed by atoms with Crippen LogP contribution in [0.25, 0.3) is 5.69 Å². The average molecular weight is 515 g/mol. The van der Waals surface area contributed by atoms with Crippen molar-refractivity contribution < 1.29 is 29.0 Å². The fourth-order valence-electron chi connectivity index (χ4n) is 3.56. The summed E-state index contributed by atoms with van der Waals surface area (Å²) in [6.45, 7) is 5.21. The minimum Gasteiger partial charge on any atom is -0.444 e. The fourth-order valence-corrected chi connectivity index (χ4v) is 3.56. The number of rotatable bonds is 6. The van der Waals surface area contributed by atoms with E-state index in [-0.39, 0.29) is 32.0 Å². The first-order valence-corrected chi connectivity index (χ1v) is 11.6. The van der Waals surface area contributed by atoms with Crippen molar-refractivity contribution in [3.05, 3.63) is 52.6 Å². The lowest BCUT2D eigenvalue weighted by atomic mass is 10.2. The summed E-state index contributed by atoms with van der Waals surface area (Å²) in [5.41, 5.74) is -0.374. The Morgan fingerprint density at radius 2 is 1.70 bits per heavy atom. The molecule has 0 saturated carbocycles.